The Morgan fingerprint density at radius 1 is 0.950 bits per heavy atom. The number of benzene rings is 1. The second kappa shape index (κ2) is 4.46. The van der Waals surface area contributed by atoms with Crippen molar-refractivity contribution >= 4 is 5.65 Å². The fourth-order valence-electron chi connectivity index (χ4n) is 2.61. The van der Waals surface area contributed by atoms with E-state index in [9.17, 15) is 0 Å². The molecule has 1 aromatic carbocycles. The van der Waals surface area contributed by atoms with Gasteiger partial charge in [-0.25, -0.2) is 9.50 Å². The zero-order chi connectivity index (χ0) is 13.4. The van der Waals surface area contributed by atoms with E-state index in [4.69, 9.17) is 0 Å². The van der Waals surface area contributed by atoms with E-state index in [2.05, 4.69) is 46.5 Å². The zero-order valence-electron chi connectivity index (χ0n) is 10.8. The highest BCUT2D eigenvalue weighted by Crippen LogP contribution is 2.27. The molecule has 0 fully saturated rings. The molecule has 4 rings (SSSR count). The molecule has 3 nitrogen and oxygen atoms in total. The molecule has 0 N–H and O–H groups in total. The van der Waals surface area contributed by atoms with Gasteiger partial charge in [-0.05, 0) is 11.6 Å². The molecule has 0 spiro atoms. The van der Waals surface area contributed by atoms with Gasteiger partial charge in [0.1, 0.15) is 0 Å². The highest BCUT2D eigenvalue weighted by molar-refractivity contribution is 5.77. The van der Waals surface area contributed by atoms with E-state index < -0.39 is 0 Å². The van der Waals surface area contributed by atoms with E-state index in [1.54, 1.807) is 0 Å². The third-order valence-corrected chi connectivity index (χ3v) is 3.60. The van der Waals surface area contributed by atoms with Crippen LogP contribution in [0.25, 0.3) is 16.8 Å². The molecule has 96 valence electrons. The van der Waals surface area contributed by atoms with Crippen LogP contribution in [0.15, 0.2) is 73.1 Å². The van der Waals surface area contributed by atoms with Crippen LogP contribution in [0.3, 0.4) is 0 Å². The molecule has 1 aliphatic rings. The van der Waals surface area contributed by atoms with Crippen LogP contribution in [0.1, 0.15) is 11.6 Å². The topological polar surface area (TPSA) is 30.2 Å². The molecule has 1 aliphatic carbocycles. The molecular weight excluding hydrogens is 246 g/mol. The molecule has 2 heterocycles. The van der Waals surface area contributed by atoms with Crippen LogP contribution in [0.4, 0.5) is 0 Å². The third kappa shape index (κ3) is 1.67. The summed E-state index contributed by atoms with van der Waals surface area (Å²) in [5.41, 5.74) is 4.26. The third-order valence-electron chi connectivity index (χ3n) is 3.60. The first-order valence-corrected chi connectivity index (χ1v) is 6.66. The largest absolute Gasteiger partial charge is 0.236 e. The Labute approximate surface area is 116 Å². The van der Waals surface area contributed by atoms with Gasteiger partial charge in [-0.1, -0.05) is 54.6 Å². The molecule has 2 aromatic heterocycles. The molecule has 0 saturated carbocycles. The molecule has 0 amide bonds. The van der Waals surface area contributed by atoms with E-state index in [0.29, 0.717) is 0 Å². The summed E-state index contributed by atoms with van der Waals surface area (Å²) in [5, 5.41) is 4.53. The fourth-order valence-corrected chi connectivity index (χ4v) is 2.61. The Kier molecular flexibility index (Phi) is 2.49. The molecule has 3 aromatic rings. The second-order valence-electron chi connectivity index (χ2n) is 4.82. The summed E-state index contributed by atoms with van der Waals surface area (Å²) in [6.45, 7) is 0. The summed E-state index contributed by atoms with van der Waals surface area (Å²) >= 11 is 0. The molecule has 0 bridgehead atoms. The molecule has 0 aliphatic heterocycles. The lowest BCUT2D eigenvalue weighted by Crippen LogP contribution is -2.02. The number of allylic oxidation sites excluding steroid dienone is 4. The van der Waals surface area contributed by atoms with Crippen molar-refractivity contribution in [2.75, 3.05) is 0 Å². The van der Waals surface area contributed by atoms with Crippen LogP contribution in [-0.4, -0.2) is 14.6 Å². The Balaban J connectivity index is 1.92. The summed E-state index contributed by atoms with van der Waals surface area (Å²) in [6.07, 6.45) is 12.2. The summed E-state index contributed by atoms with van der Waals surface area (Å²) < 4.78 is 1.94. The van der Waals surface area contributed by atoms with Crippen molar-refractivity contribution in [3.63, 3.8) is 0 Å². The van der Waals surface area contributed by atoms with Crippen molar-refractivity contribution in [2.24, 2.45) is 0 Å². The van der Waals surface area contributed by atoms with Crippen molar-refractivity contribution in [3.8, 4) is 11.1 Å². The maximum atomic E-state index is 4.53. The molecule has 20 heavy (non-hydrogen) atoms. The number of fused-ring (bicyclic) bond motifs is 1. The first-order valence-electron chi connectivity index (χ1n) is 6.66. The van der Waals surface area contributed by atoms with Crippen LogP contribution in [0.5, 0.6) is 0 Å². The predicted octanol–water partition coefficient (Wildman–Crippen LogP) is 3.61. The minimum atomic E-state index is 0.282. The quantitative estimate of drug-likeness (QED) is 0.703. The normalized spacial score (nSPS) is 14.4. The van der Waals surface area contributed by atoms with E-state index in [1.807, 2.05) is 41.2 Å². The van der Waals surface area contributed by atoms with Gasteiger partial charge in [-0.15, -0.1) is 0 Å². The van der Waals surface area contributed by atoms with Gasteiger partial charge in [0.15, 0.2) is 5.65 Å². The van der Waals surface area contributed by atoms with Crippen molar-refractivity contribution in [3.05, 3.63) is 78.8 Å². The van der Waals surface area contributed by atoms with E-state index in [-0.39, 0.29) is 5.92 Å². The van der Waals surface area contributed by atoms with Crippen molar-refractivity contribution in [1.29, 1.82) is 0 Å². The van der Waals surface area contributed by atoms with Gasteiger partial charge >= 0.3 is 0 Å². The van der Waals surface area contributed by atoms with Gasteiger partial charge in [-0.3, -0.25) is 0 Å². The summed E-state index contributed by atoms with van der Waals surface area (Å²) in [6, 6.07) is 12.3. The minimum Gasteiger partial charge on any atom is -0.236 e. The lowest BCUT2D eigenvalue weighted by atomic mass is 10.1. The lowest BCUT2D eigenvalue weighted by Gasteiger charge is -2.08. The monoisotopic (exact) mass is 259 g/mol. The number of aromatic nitrogens is 3. The molecule has 3 heteroatoms. The molecule has 0 unspecified atom stereocenters. The first kappa shape index (κ1) is 11.2. The highest BCUT2D eigenvalue weighted by Gasteiger charge is 2.15. The van der Waals surface area contributed by atoms with Gasteiger partial charge in [-0.2, -0.15) is 5.10 Å². The van der Waals surface area contributed by atoms with Crippen LogP contribution >= 0.6 is 0 Å². The smallest absolute Gasteiger partial charge is 0.163 e. The first-order chi connectivity index (χ1) is 9.93. The summed E-state index contributed by atoms with van der Waals surface area (Å²) in [5.74, 6) is 0.282. The second-order valence-corrected chi connectivity index (χ2v) is 4.82. The van der Waals surface area contributed by atoms with Gasteiger partial charge in [0.25, 0.3) is 0 Å². The average molecular weight is 259 g/mol. The zero-order valence-corrected chi connectivity index (χ0v) is 10.8. The van der Waals surface area contributed by atoms with E-state index in [0.717, 1.165) is 22.5 Å². The Bertz CT molecular complexity index is 801. The summed E-state index contributed by atoms with van der Waals surface area (Å²) in [7, 11) is 0. The van der Waals surface area contributed by atoms with Crippen molar-refractivity contribution in [2.45, 2.75) is 5.92 Å². The van der Waals surface area contributed by atoms with Gasteiger partial charge < -0.3 is 0 Å². The SMILES string of the molecule is C1=CC(c2ccnc3c(-c4ccccc4)cnn23)C=C1. The van der Waals surface area contributed by atoms with Crippen LogP contribution in [-0.2, 0) is 0 Å². The Morgan fingerprint density at radius 3 is 2.55 bits per heavy atom. The molecule has 0 atom stereocenters. The van der Waals surface area contributed by atoms with Crippen LogP contribution in [0, 0.1) is 0 Å². The molecule has 0 radical (unpaired) electrons. The maximum absolute atomic E-state index is 4.53. The lowest BCUT2D eigenvalue weighted by molar-refractivity contribution is 0.837. The van der Waals surface area contributed by atoms with E-state index in [1.165, 1.54) is 0 Å². The number of rotatable bonds is 2. The molecular formula is C17H13N3. The Morgan fingerprint density at radius 2 is 1.75 bits per heavy atom. The highest BCUT2D eigenvalue weighted by atomic mass is 15.3. The Hall–Kier alpha value is -2.68. The minimum absolute atomic E-state index is 0.282. The predicted molar refractivity (Wildman–Crippen MR) is 79.4 cm³/mol. The number of nitrogens with zero attached hydrogens (tertiary/aromatic N) is 3. The van der Waals surface area contributed by atoms with Crippen LogP contribution < -0.4 is 0 Å². The van der Waals surface area contributed by atoms with E-state index >= 15 is 0 Å². The van der Waals surface area contributed by atoms with Gasteiger partial charge in [0.05, 0.1) is 11.9 Å². The average Bonchev–Trinajstić information content (AvgIpc) is 3.17. The maximum Gasteiger partial charge on any atom is 0.163 e. The summed E-state index contributed by atoms with van der Waals surface area (Å²) in [4.78, 5) is 4.50. The van der Waals surface area contributed by atoms with Crippen LogP contribution in [0.2, 0.25) is 0 Å². The molecule has 0 saturated heterocycles. The van der Waals surface area contributed by atoms with Crippen molar-refractivity contribution in [1.82, 2.24) is 14.6 Å². The van der Waals surface area contributed by atoms with Gasteiger partial charge in [0, 0.05) is 17.7 Å². The number of hydrogen-bond donors (Lipinski definition) is 0. The standard InChI is InChI=1S/C17H13N3/c1-2-6-13(7-3-1)15-12-19-20-16(10-11-18-17(15)20)14-8-4-5-9-14/h1-12,14H. The van der Waals surface area contributed by atoms with Gasteiger partial charge in [0.2, 0.25) is 0 Å². The fraction of sp³-hybridized carbons (Fsp3) is 0.0588. The van der Waals surface area contributed by atoms with Crippen molar-refractivity contribution < 1.29 is 0 Å². The number of hydrogen-bond acceptors (Lipinski definition) is 2.